The van der Waals surface area contributed by atoms with Crippen LogP contribution in [-0.2, 0) is 16.1 Å². The van der Waals surface area contributed by atoms with Gasteiger partial charge in [0, 0.05) is 39.4 Å². The Kier molecular flexibility index (Phi) is 4.37. The smallest absolute Gasteiger partial charge is 0.345 e. The van der Waals surface area contributed by atoms with E-state index in [2.05, 4.69) is 15.6 Å². The Balaban J connectivity index is 1.61. The molecule has 2 heterocycles. The van der Waals surface area contributed by atoms with Crippen LogP contribution >= 0.6 is 0 Å². The highest BCUT2D eigenvalue weighted by Crippen LogP contribution is 2.17. The van der Waals surface area contributed by atoms with E-state index in [-0.39, 0.29) is 11.9 Å². The summed E-state index contributed by atoms with van der Waals surface area (Å²) in [6.07, 6.45) is 1.32. The standard InChI is InChI=1S/C16H19N5O3/c1-20(2)12-5-3-11(4-6-12)9-18-14(22)13-10-24-16-19-15(23)17-7-8-21(13)16/h3-6,10H,7-9H2,1-2H3,(H,17,23)(H,18,22). The third kappa shape index (κ3) is 3.32. The Morgan fingerprint density at radius 3 is 2.83 bits per heavy atom. The Hall–Kier alpha value is -3.03. The van der Waals surface area contributed by atoms with Gasteiger partial charge in [-0.25, -0.2) is 4.79 Å². The molecule has 0 spiro atoms. The zero-order chi connectivity index (χ0) is 17.1. The van der Waals surface area contributed by atoms with Crippen LogP contribution < -0.4 is 15.5 Å². The monoisotopic (exact) mass is 329 g/mol. The first kappa shape index (κ1) is 15.9. The number of ether oxygens (including phenoxy) is 1. The van der Waals surface area contributed by atoms with Crippen molar-refractivity contribution in [1.82, 2.24) is 15.5 Å². The molecule has 0 bridgehead atoms. The molecule has 0 aliphatic carbocycles. The first-order valence-electron chi connectivity index (χ1n) is 7.60. The number of amides is 3. The Morgan fingerprint density at radius 2 is 2.12 bits per heavy atom. The largest absolute Gasteiger partial charge is 0.431 e. The number of amidine groups is 1. The summed E-state index contributed by atoms with van der Waals surface area (Å²) in [6.45, 7) is 1.23. The summed E-state index contributed by atoms with van der Waals surface area (Å²) in [5.74, 6) is -0.272. The van der Waals surface area contributed by atoms with Gasteiger partial charge in [0.05, 0.1) is 0 Å². The molecule has 3 amide bonds. The number of benzene rings is 1. The van der Waals surface area contributed by atoms with Gasteiger partial charge in [0.1, 0.15) is 12.0 Å². The molecule has 8 heteroatoms. The molecule has 24 heavy (non-hydrogen) atoms. The SMILES string of the molecule is CN(C)c1ccc(CNC(=O)C2=COC3=NC(=O)NCCN23)cc1. The maximum atomic E-state index is 12.4. The number of fused-ring (bicyclic) bond motifs is 1. The zero-order valence-electron chi connectivity index (χ0n) is 13.6. The molecule has 0 radical (unpaired) electrons. The van der Waals surface area contributed by atoms with Crippen molar-refractivity contribution in [3.63, 3.8) is 0 Å². The van der Waals surface area contributed by atoms with Crippen LogP contribution in [0, 0.1) is 0 Å². The van der Waals surface area contributed by atoms with E-state index in [1.165, 1.54) is 6.26 Å². The number of aliphatic imine (C=N–C) groups is 1. The second-order valence-corrected chi connectivity index (χ2v) is 5.64. The molecule has 0 unspecified atom stereocenters. The average molecular weight is 329 g/mol. The van der Waals surface area contributed by atoms with Crippen molar-refractivity contribution < 1.29 is 14.3 Å². The van der Waals surface area contributed by atoms with E-state index < -0.39 is 6.03 Å². The Labute approximate surface area is 139 Å². The van der Waals surface area contributed by atoms with Crippen molar-refractivity contribution in [3.05, 3.63) is 41.8 Å². The molecule has 126 valence electrons. The maximum absolute atomic E-state index is 12.4. The third-order valence-corrected chi connectivity index (χ3v) is 3.74. The molecule has 0 aromatic heterocycles. The summed E-state index contributed by atoms with van der Waals surface area (Å²) in [5, 5.41) is 5.45. The molecule has 0 atom stereocenters. The summed E-state index contributed by atoms with van der Waals surface area (Å²) in [4.78, 5) is 31.1. The first-order valence-corrected chi connectivity index (χ1v) is 7.60. The summed E-state index contributed by atoms with van der Waals surface area (Å²) in [7, 11) is 3.95. The van der Waals surface area contributed by atoms with Gasteiger partial charge >= 0.3 is 12.1 Å². The van der Waals surface area contributed by atoms with Crippen LogP contribution in [0.2, 0.25) is 0 Å². The van der Waals surface area contributed by atoms with E-state index in [1.54, 1.807) is 4.90 Å². The molecular weight excluding hydrogens is 310 g/mol. The van der Waals surface area contributed by atoms with E-state index in [1.807, 2.05) is 43.3 Å². The van der Waals surface area contributed by atoms with E-state index in [0.29, 0.717) is 25.3 Å². The lowest BCUT2D eigenvalue weighted by Gasteiger charge is -2.17. The number of carbonyl (C=O) groups excluding carboxylic acids is 2. The molecule has 0 fully saturated rings. The number of nitrogens with one attached hydrogen (secondary N) is 2. The fourth-order valence-electron chi connectivity index (χ4n) is 2.40. The van der Waals surface area contributed by atoms with Crippen molar-refractivity contribution in [2.45, 2.75) is 6.54 Å². The zero-order valence-corrected chi connectivity index (χ0v) is 13.6. The lowest BCUT2D eigenvalue weighted by atomic mass is 10.2. The number of hydrogen-bond donors (Lipinski definition) is 2. The predicted octanol–water partition coefficient (Wildman–Crippen LogP) is 0.622. The number of hydrogen-bond acceptors (Lipinski definition) is 5. The van der Waals surface area contributed by atoms with Crippen LogP contribution in [0.25, 0.3) is 0 Å². The van der Waals surface area contributed by atoms with Crippen LogP contribution in [0.5, 0.6) is 0 Å². The molecule has 2 aliphatic heterocycles. The van der Waals surface area contributed by atoms with Crippen molar-refractivity contribution >= 4 is 23.6 Å². The van der Waals surface area contributed by atoms with E-state index in [0.717, 1.165) is 11.3 Å². The molecule has 2 N–H and O–H groups in total. The summed E-state index contributed by atoms with van der Waals surface area (Å²) in [5.41, 5.74) is 2.43. The van der Waals surface area contributed by atoms with Gasteiger partial charge in [0.15, 0.2) is 0 Å². The van der Waals surface area contributed by atoms with Gasteiger partial charge < -0.3 is 20.3 Å². The van der Waals surface area contributed by atoms with E-state index in [4.69, 9.17) is 4.74 Å². The van der Waals surface area contributed by atoms with Crippen LogP contribution in [0.15, 0.2) is 41.2 Å². The van der Waals surface area contributed by atoms with Crippen LogP contribution in [0.4, 0.5) is 10.5 Å². The highest BCUT2D eigenvalue weighted by atomic mass is 16.5. The number of carbonyl (C=O) groups is 2. The Morgan fingerprint density at radius 1 is 1.38 bits per heavy atom. The fraction of sp³-hybridized carbons (Fsp3) is 0.312. The quantitative estimate of drug-likeness (QED) is 0.846. The van der Waals surface area contributed by atoms with E-state index in [9.17, 15) is 9.59 Å². The van der Waals surface area contributed by atoms with Gasteiger partial charge in [0.25, 0.3) is 5.91 Å². The van der Waals surface area contributed by atoms with Crippen LogP contribution in [0.1, 0.15) is 5.56 Å². The second kappa shape index (κ2) is 6.61. The molecule has 1 aromatic rings. The van der Waals surface area contributed by atoms with Crippen LogP contribution in [0.3, 0.4) is 0 Å². The number of nitrogens with zero attached hydrogens (tertiary/aromatic N) is 3. The highest BCUT2D eigenvalue weighted by Gasteiger charge is 2.31. The molecule has 0 saturated carbocycles. The molecule has 1 aromatic carbocycles. The predicted molar refractivity (Wildman–Crippen MR) is 89.3 cm³/mol. The van der Waals surface area contributed by atoms with Gasteiger partial charge in [-0.15, -0.1) is 4.99 Å². The van der Waals surface area contributed by atoms with Crippen molar-refractivity contribution in [2.75, 3.05) is 32.1 Å². The minimum absolute atomic E-state index is 0.130. The molecule has 2 aliphatic rings. The third-order valence-electron chi connectivity index (χ3n) is 3.74. The average Bonchev–Trinajstić information content (AvgIpc) is 2.86. The molecule has 0 saturated heterocycles. The summed E-state index contributed by atoms with van der Waals surface area (Å²) in [6, 6.07) is 7.59. The van der Waals surface area contributed by atoms with Gasteiger partial charge in [-0.05, 0) is 17.7 Å². The Bertz CT molecular complexity index is 709. The molecule has 8 nitrogen and oxygen atoms in total. The van der Waals surface area contributed by atoms with Crippen LogP contribution in [-0.4, -0.2) is 50.0 Å². The normalized spacial score (nSPS) is 16.2. The van der Waals surface area contributed by atoms with Gasteiger partial charge in [0.2, 0.25) is 0 Å². The van der Waals surface area contributed by atoms with Gasteiger partial charge in [-0.3, -0.25) is 9.69 Å². The minimum Gasteiger partial charge on any atom is -0.431 e. The topological polar surface area (TPSA) is 86.3 Å². The van der Waals surface area contributed by atoms with E-state index >= 15 is 0 Å². The maximum Gasteiger partial charge on any atom is 0.345 e. The van der Waals surface area contributed by atoms with Crippen molar-refractivity contribution in [1.29, 1.82) is 0 Å². The summed E-state index contributed by atoms with van der Waals surface area (Å²) < 4.78 is 5.22. The number of urea groups is 1. The first-order chi connectivity index (χ1) is 11.5. The minimum atomic E-state index is -0.469. The highest BCUT2D eigenvalue weighted by molar-refractivity contribution is 6.01. The molecule has 3 rings (SSSR count). The van der Waals surface area contributed by atoms with Crippen molar-refractivity contribution in [2.24, 2.45) is 4.99 Å². The molecular formula is C16H19N5O3. The second-order valence-electron chi connectivity index (χ2n) is 5.64. The van der Waals surface area contributed by atoms with Gasteiger partial charge in [-0.2, -0.15) is 0 Å². The number of rotatable bonds is 4. The lowest BCUT2D eigenvalue weighted by molar-refractivity contribution is -0.118. The van der Waals surface area contributed by atoms with Crippen molar-refractivity contribution in [3.8, 4) is 0 Å². The fourth-order valence-corrected chi connectivity index (χ4v) is 2.40. The lowest BCUT2D eigenvalue weighted by Crippen LogP contribution is -2.37. The summed E-state index contributed by atoms with van der Waals surface area (Å²) >= 11 is 0. The number of anilines is 1. The van der Waals surface area contributed by atoms with Gasteiger partial charge in [-0.1, -0.05) is 12.1 Å².